The molecule has 0 fully saturated rings. The molecule has 36 heavy (non-hydrogen) atoms. The summed E-state index contributed by atoms with van der Waals surface area (Å²) in [5.41, 5.74) is 4.16. The molecule has 2 heterocycles. The van der Waals surface area contributed by atoms with E-state index < -0.39 is 12.0 Å². The van der Waals surface area contributed by atoms with Gasteiger partial charge in [-0.05, 0) is 23.3 Å². The Morgan fingerprint density at radius 2 is 1.56 bits per heavy atom. The largest absolute Gasteiger partial charge is 0.494 e. The molecule has 8 heteroatoms. The van der Waals surface area contributed by atoms with Gasteiger partial charge in [0.25, 0.3) is 5.91 Å². The zero-order chi connectivity index (χ0) is 25.1. The Labute approximate surface area is 218 Å². The van der Waals surface area contributed by atoms with Crippen molar-refractivity contribution in [3.63, 3.8) is 0 Å². The lowest BCUT2D eigenvalue weighted by atomic mass is 9.82. The number of carbonyl (C=O) groups excluding carboxylic acids is 1. The molecule has 2 aromatic heterocycles. The molecule has 5 rings (SSSR count). The predicted molar refractivity (Wildman–Crippen MR) is 142 cm³/mol. The number of aromatic nitrogens is 3. The molecule has 0 aliphatic rings. The fourth-order valence-corrected chi connectivity index (χ4v) is 5.10. The van der Waals surface area contributed by atoms with Crippen molar-refractivity contribution in [1.29, 1.82) is 0 Å². The second-order valence-electron chi connectivity index (χ2n) is 8.21. The van der Waals surface area contributed by atoms with Gasteiger partial charge in [-0.15, -0.1) is 0 Å². The highest BCUT2D eigenvalue weighted by atomic mass is 35.5. The lowest BCUT2D eigenvalue weighted by molar-refractivity contribution is 0.0934. The van der Waals surface area contributed by atoms with Crippen molar-refractivity contribution in [2.45, 2.75) is 12.0 Å². The van der Waals surface area contributed by atoms with Crippen LogP contribution in [-0.2, 0) is 0 Å². The SMILES string of the molecule is COc1ccc(C(=O)NC(c2ccccc2)C(c2ccccc2)c2c(Cl)cncc2Cl)c2[nH]cnc12. The minimum Gasteiger partial charge on any atom is -0.494 e. The summed E-state index contributed by atoms with van der Waals surface area (Å²) in [6, 6.07) is 22.6. The smallest absolute Gasteiger partial charge is 0.253 e. The molecule has 0 saturated carbocycles. The van der Waals surface area contributed by atoms with Crippen molar-refractivity contribution in [2.75, 3.05) is 7.11 Å². The number of hydrogen-bond acceptors (Lipinski definition) is 4. The third-order valence-corrected chi connectivity index (χ3v) is 6.75. The number of H-pyrrole nitrogens is 1. The van der Waals surface area contributed by atoms with E-state index in [0.29, 0.717) is 38.0 Å². The third kappa shape index (κ3) is 4.53. The Hall–Kier alpha value is -3.87. The van der Waals surface area contributed by atoms with E-state index in [9.17, 15) is 4.79 Å². The number of amides is 1. The Morgan fingerprint density at radius 1 is 0.917 bits per heavy atom. The topological polar surface area (TPSA) is 79.9 Å². The molecule has 5 aromatic rings. The monoisotopic (exact) mass is 516 g/mol. The van der Waals surface area contributed by atoms with E-state index in [2.05, 4.69) is 20.3 Å². The molecule has 0 aliphatic heterocycles. The van der Waals surface area contributed by atoms with Gasteiger partial charge in [0, 0.05) is 23.9 Å². The minimum atomic E-state index is -0.501. The molecule has 6 nitrogen and oxygen atoms in total. The highest BCUT2D eigenvalue weighted by molar-refractivity contribution is 6.36. The van der Waals surface area contributed by atoms with Crippen LogP contribution in [0.1, 0.15) is 39.0 Å². The van der Waals surface area contributed by atoms with Crippen LogP contribution in [0.15, 0.2) is 91.5 Å². The average Bonchev–Trinajstić information content (AvgIpc) is 3.40. The van der Waals surface area contributed by atoms with Crippen LogP contribution in [0, 0.1) is 0 Å². The van der Waals surface area contributed by atoms with Gasteiger partial charge in [-0.2, -0.15) is 0 Å². The summed E-state index contributed by atoms with van der Waals surface area (Å²) in [4.78, 5) is 25.3. The lowest BCUT2D eigenvalue weighted by Crippen LogP contribution is -2.33. The number of nitrogens with zero attached hydrogens (tertiary/aromatic N) is 2. The Bertz CT molecular complexity index is 1490. The van der Waals surface area contributed by atoms with Gasteiger partial charge in [0.05, 0.1) is 40.6 Å². The number of carbonyl (C=O) groups is 1. The van der Waals surface area contributed by atoms with Gasteiger partial charge in [0.15, 0.2) is 0 Å². The minimum absolute atomic E-state index is 0.275. The van der Waals surface area contributed by atoms with Gasteiger partial charge < -0.3 is 15.0 Å². The summed E-state index contributed by atoms with van der Waals surface area (Å²) in [6.45, 7) is 0. The Balaban J connectivity index is 1.66. The maximum Gasteiger partial charge on any atom is 0.253 e. The Morgan fingerprint density at radius 3 is 2.19 bits per heavy atom. The van der Waals surface area contributed by atoms with E-state index in [1.54, 1.807) is 38.0 Å². The molecule has 3 aromatic carbocycles. The van der Waals surface area contributed by atoms with Crippen LogP contribution in [-0.4, -0.2) is 28.0 Å². The fourth-order valence-electron chi connectivity index (χ4n) is 4.50. The summed E-state index contributed by atoms with van der Waals surface area (Å²) in [7, 11) is 1.57. The molecule has 2 atom stereocenters. The van der Waals surface area contributed by atoms with E-state index in [1.807, 2.05) is 60.7 Å². The molecule has 0 aliphatic carbocycles. The molecule has 0 bridgehead atoms. The Kier molecular flexibility index (Phi) is 6.89. The van der Waals surface area contributed by atoms with Crippen molar-refractivity contribution in [1.82, 2.24) is 20.3 Å². The van der Waals surface area contributed by atoms with E-state index >= 15 is 0 Å². The van der Waals surface area contributed by atoms with E-state index in [0.717, 1.165) is 11.1 Å². The number of methoxy groups -OCH3 is 1. The highest BCUT2D eigenvalue weighted by Crippen LogP contribution is 2.43. The molecule has 180 valence electrons. The third-order valence-electron chi connectivity index (χ3n) is 6.15. The quantitative estimate of drug-likeness (QED) is 0.256. The van der Waals surface area contributed by atoms with Crippen LogP contribution in [0.3, 0.4) is 0 Å². The summed E-state index contributed by atoms with van der Waals surface area (Å²) in [5, 5.41) is 4.10. The molecule has 2 N–H and O–H groups in total. The van der Waals surface area contributed by atoms with Crippen molar-refractivity contribution >= 4 is 40.1 Å². The number of pyridine rings is 1. The van der Waals surface area contributed by atoms with Gasteiger partial charge in [0.1, 0.15) is 11.3 Å². The number of rotatable bonds is 7. The van der Waals surface area contributed by atoms with Crippen LogP contribution in [0.2, 0.25) is 10.0 Å². The standard InChI is InChI=1S/C28H22Cl2N4O2/c1-36-22-13-12-19(26-27(22)33-16-32-26)28(35)34-25(18-10-6-3-7-11-18)23(17-8-4-2-5-9-17)24-20(29)14-31-15-21(24)30/h2-16,23,25H,1H3,(H,32,33)(H,34,35). The molecule has 2 unspecified atom stereocenters. The number of imidazole rings is 1. The van der Waals surface area contributed by atoms with E-state index in [4.69, 9.17) is 27.9 Å². The predicted octanol–water partition coefficient (Wildman–Crippen LogP) is 6.58. The second-order valence-corrected chi connectivity index (χ2v) is 9.02. The molecular weight excluding hydrogens is 495 g/mol. The summed E-state index contributed by atoms with van der Waals surface area (Å²) in [5.74, 6) is -0.0843. The number of fused-ring (bicyclic) bond motifs is 1. The maximum absolute atomic E-state index is 13.8. The zero-order valence-electron chi connectivity index (χ0n) is 19.3. The first kappa shape index (κ1) is 23.9. The van der Waals surface area contributed by atoms with Crippen LogP contribution in [0.5, 0.6) is 5.75 Å². The maximum atomic E-state index is 13.8. The first-order chi connectivity index (χ1) is 17.6. The normalized spacial score (nSPS) is 12.8. The van der Waals surface area contributed by atoms with Crippen LogP contribution in [0.4, 0.5) is 0 Å². The van der Waals surface area contributed by atoms with Crippen molar-refractivity contribution in [3.05, 3.63) is 124 Å². The van der Waals surface area contributed by atoms with Gasteiger partial charge >= 0.3 is 0 Å². The first-order valence-electron chi connectivity index (χ1n) is 11.3. The molecular formula is C28H22Cl2N4O2. The fraction of sp³-hybridized carbons (Fsp3) is 0.107. The number of halogens is 2. The first-order valence-corrected chi connectivity index (χ1v) is 12.0. The molecule has 0 radical (unpaired) electrons. The van der Waals surface area contributed by atoms with Crippen LogP contribution >= 0.6 is 23.2 Å². The molecule has 0 saturated heterocycles. The number of nitrogens with one attached hydrogen (secondary N) is 2. The van der Waals surface area contributed by atoms with Crippen LogP contribution < -0.4 is 10.1 Å². The second kappa shape index (κ2) is 10.4. The number of ether oxygens (including phenoxy) is 1. The average molecular weight is 517 g/mol. The number of hydrogen-bond donors (Lipinski definition) is 2. The van der Waals surface area contributed by atoms with Gasteiger partial charge in [-0.25, -0.2) is 4.98 Å². The van der Waals surface area contributed by atoms with E-state index in [1.165, 1.54) is 0 Å². The molecule has 0 spiro atoms. The van der Waals surface area contributed by atoms with Gasteiger partial charge in [0.2, 0.25) is 0 Å². The lowest BCUT2D eigenvalue weighted by Gasteiger charge is -2.31. The van der Waals surface area contributed by atoms with Crippen molar-refractivity contribution in [2.24, 2.45) is 0 Å². The highest BCUT2D eigenvalue weighted by Gasteiger charge is 2.32. The van der Waals surface area contributed by atoms with Crippen molar-refractivity contribution in [3.8, 4) is 5.75 Å². The number of aromatic amines is 1. The molecule has 1 amide bonds. The van der Waals surface area contributed by atoms with Crippen molar-refractivity contribution < 1.29 is 9.53 Å². The number of benzene rings is 3. The summed E-state index contributed by atoms with van der Waals surface area (Å²) < 4.78 is 5.40. The zero-order valence-corrected chi connectivity index (χ0v) is 20.8. The van der Waals surface area contributed by atoms with Gasteiger partial charge in [-0.1, -0.05) is 83.9 Å². The summed E-state index contributed by atoms with van der Waals surface area (Å²) >= 11 is 13.3. The van der Waals surface area contributed by atoms with E-state index in [-0.39, 0.29) is 5.91 Å². The van der Waals surface area contributed by atoms with Crippen LogP contribution in [0.25, 0.3) is 11.0 Å². The summed E-state index contributed by atoms with van der Waals surface area (Å²) in [6.07, 6.45) is 4.68. The van der Waals surface area contributed by atoms with Gasteiger partial charge in [-0.3, -0.25) is 9.78 Å².